The molecule has 0 aromatic carbocycles. The molecular weight excluding hydrogens is 118 g/mol. The first-order chi connectivity index (χ1) is 4.18. The van der Waals surface area contributed by atoms with Crippen LogP contribution in [0, 0.1) is 0 Å². The van der Waals surface area contributed by atoms with Gasteiger partial charge in [0.15, 0.2) is 11.9 Å². The summed E-state index contributed by atoms with van der Waals surface area (Å²) in [6.07, 6.45) is -0.880. The third-order valence-electron chi connectivity index (χ3n) is 1.56. The highest BCUT2D eigenvalue weighted by atomic mass is 16.3. The van der Waals surface area contributed by atoms with Crippen molar-refractivity contribution in [1.82, 2.24) is 5.32 Å². The first-order valence-corrected chi connectivity index (χ1v) is 2.79. The molecule has 1 unspecified atom stereocenters. The Morgan fingerprint density at radius 2 is 2.22 bits per heavy atom. The molecule has 0 fully saturated rings. The second-order valence-corrected chi connectivity index (χ2v) is 2.06. The van der Waals surface area contributed by atoms with Gasteiger partial charge >= 0.3 is 0 Å². The highest BCUT2D eigenvalue weighted by Crippen LogP contribution is 2.20. The Hall–Kier alpha value is -0.830. The second-order valence-electron chi connectivity index (χ2n) is 2.06. The number of hydrogen-bond acceptors (Lipinski definition) is 3. The van der Waals surface area contributed by atoms with Crippen LogP contribution in [-0.4, -0.2) is 24.0 Å². The lowest BCUT2D eigenvalue weighted by Crippen LogP contribution is -2.40. The molecule has 0 bridgehead atoms. The highest BCUT2D eigenvalue weighted by Gasteiger charge is 2.33. The number of likely N-dealkylation sites (N-methyl/N-ethyl adjacent to an activating group) is 1. The lowest BCUT2D eigenvalue weighted by atomic mass is 9.91. The van der Waals surface area contributed by atoms with E-state index in [4.69, 9.17) is 5.11 Å². The number of aliphatic hydroxyl groups is 1. The SMILES string of the molecule is CNC1=C(C)C(=O)C1O. The van der Waals surface area contributed by atoms with Crippen LogP contribution >= 0.6 is 0 Å². The molecule has 0 spiro atoms. The number of hydrogen-bond donors (Lipinski definition) is 2. The quantitative estimate of drug-likeness (QED) is 0.495. The summed E-state index contributed by atoms with van der Waals surface area (Å²) < 4.78 is 0. The molecule has 1 aliphatic carbocycles. The van der Waals surface area contributed by atoms with Crippen molar-refractivity contribution in [2.24, 2.45) is 0 Å². The van der Waals surface area contributed by atoms with Crippen LogP contribution in [0.1, 0.15) is 6.92 Å². The maximum absolute atomic E-state index is 10.6. The molecule has 2 N–H and O–H groups in total. The molecule has 0 aliphatic heterocycles. The lowest BCUT2D eigenvalue weighted by Gasteiger charge is -2.24. The third kappa shape index (κ3) is 0.650. The van der Waals surface area contributed by atoms with Crippen molar-refractivity contribution in [3.8, 4) is 0 Å². The number of aliphatic hydroxyl groups excluding tert-OH is 1. The first-order valence-electron chi connectivity index (χ1n) is 2.79. The Morgan fingerprint density at radius 3 is 2.44 bits per heavy atom. The van der Waals surface area contributed by atoms with Gasteiger partial charge in [0.2, 0.25) is 0 Å². The van der Waals surface area contributed by atoms with Gasteiger partial charge in [-0.1, -0.05) is 0 Å². The molecule has 0 amide bonds. The Labute approximate surface area is 53.4 Å². The van der Waals surface area contributed by atoms with Crippen LogP contribution in [0.3, 0.4) is 0 Å². The van der Waals surface area contributed by atoms with Gasteiger partial charge in [0, 0.05) is 12.6 Å². The van der Waals surface area contributed by atoms with Crippen LogP contribution in [0.2, 0.25) is 0 Å². The zero-order valence-corrected chi connectivity index (χ0v) is 5.43. The van der Waals surface area contributed by atoms with Gasteiger partial charge in [0.1, 0.15) is 0 Å². The predicted octanol–water partition coefficient (Wildman–Crippen LogP) is -0.577. The number of carbonyl (C=O) groups is 1. The van der Waals surface area contributed by atoms with Gasteiger partial charge in [-0.2, -0.15) is 0 Å². The summed E-state index contributed by atoms with van der Waals surface area (Å²) >= 11 is 0. The fraction of sp³-hybridized carbons (Fsp3) is 0.500. The summed E-state index contributed by atoms with van der Waals surface area (Å²) in [5.41, 5.74) is 1.30. The molecule has 3 nitrogen and oxygen atoms in total. The van der Waals surface area contributed by atoms with Gasteiger partial charge in [-0.3, -0.25) is 4.79 Å². The normalized spacial score (nSPS) is 26.1. The topological polar surface area (TPSA) is 49.3 Å². The minimum Gasteiger partial charge on any atom is -0.389 e. The molecule has 0 aromatic heterocycles. The number of ketones is 1. The molecule has 0 heterocycles. The molecule has 0 saturated carbocycles. The van der Waals surface area contributed by atoms with E-state index in [2.05, 4.69) is 5.32 Å². The molecule has 9 heavy (non-hydrogen) atoms. The van der Waals surface area contributed by atoms with Gasteiger partial charge in [-0.15, -0.1) is 0 Å². The smallest absolute Gasteiger partial charge is 0.194 e. The van der Waals surface area contributed by atoms with Crippen molar-refractivity contribution in [3.63, 3.8) is 0 Å². The van der Waals surface area contributed by atoms with E-state index in [1.165, 1.54) is 0 Å². The molecule has 3 heteroatoms. The molecule has 0 radical (unpaired) electrons. The number of rotatable bonds is 1. The van der Waals surface area contributed by atoms with Crippen LogP contribution in [-0.2, 0) is 4.79 Å². The van der Waals surface area contributed by atoms with Gasteiger partial charge in [-0.25, -0.2) is 0 Å². The van der Waals surface area contributed by atoms with E-state index in [-0.39, 0.29) is 5.78 Å². The molecule has 50 valence electrons. The zero-order valence-electron chi connectivity index (χ0n) is 5.43. The maximum Gasteiger partial charge on any atom is 0.194 e. The molecular formula is C6H9NO2. The average Bonchev–Trinajstić information content (AvgIpc) is 1.89. The van der Waals surface area contributed by atoms with Crippen LogP contribution in [0.5, 0.6) is 0 Å². The molecule has 1 rings (SSSR count). The van der Waals surface area contributed by atoms with Crippen molar-refractivity contribution in [3.05, 3.63) is 11.3 Å². The fourth-order valence-electron chi connectivity index (χ4n) is 0.920. The number of Topliss-reactive ketones (excluding diaryl/α,β-unsaturated/α-hetero) is 1. The lowest BCUT2D eigenvalue weighted by molar-refractivity contribution is -0.124. The fourth-order valence-corrected chi connectivity index (χ4v) is 0.920. The van der Waals surface area contributed by atoms with E-state index in [1.807, 2.05) is 0 Å². The second kappa shape index (κ2) is 1.84. The standard InChI is InChI=1S/C6H9NO2/c1-3-4(7-2)6(9)5(3)8/h6-7,9H,1-2H3. The van der Waals surface area contributed by atoms with Crippen LogP contribution in [0.15, 0.2) is 11.3 Å². The Bertz CT molecular complexity index is 183. The third-order valence-corrected chi connectivity index (χ3v) is 1.56. The van der Waals surface area contributed by atoms with E-state index >= 15 is 0 Å². The summed E-state index contributed by atoms with van der Waals surface area (Å²) in [7, 11) is 1.69. The highest BCUT2D eigenvalue weighted by molar-refractivity contribution is 6.07. The molecule has 1 atom stereocenters. The summed E-state index contributed by atoms with van der Waals surface area (Å²) in [6.45, 7) is 1.70. The number of nitrogens with one attached hydrogen (secondary N) is 1. The van der Waals surface area contributed by atoms with Crippen molar-refractivity contribution in [1.29, 1.82) is 0 Å². The largest absolute Gasteiger partial charge is 0.389 e. The van der Waals surface area contributed by atoms with Crippen LogP contribution < -0.4 is 5.32 Å². The van der Waals surface area contributed by atoms with Gasteiger partial charge in [0.05, 0.1) is 5.70 Å². The van der Waals surface area contributed by atoms with Crippen LogP contribution in [0.4, 0.5) is 0 Å². The van der Waals surface area contributed by atoms with Crippen LogP contribution in [0.25, 0.3) is 0 Å². The predicted molar refractivity (Wildman–Crippen MR) is 32.8 cm³/mol. The minimum absolute atomic E-state index is 0.167. The molecule has 0 saturated heterocycles. The van der Waals surface area contributed by atoms with E-state index in [0.717, 1.165) is 0 Å². The van der Waals surface area contributed by atoms with Gasteiger partial charge in [0.25, 0.3) is 0 Å². The van der Waals surface area contributed by atoms with E-state index < -0.39 is 6.10 Å². The summed E-state index contributed by atoms with van der Waals surface area (Å²) in [5.74, 6) is -0.167. The molecule has 1 aliphatic rings. The van der Waals surface area contributed by atoms with E-state index in [0.29, 0.717) is 11.3 Å². The minimum atomic E-state index is -0.880. The number of carbonyl (C=O) groups excluding carboxylic acids is 1. The summed E-state index contributed by atoms with van der Waals surface area (Å²) in [6, 6.07) is 0. The van der Waals surface area contributed by atoms with Gasteiger partial charge < -0.3 is 10.4 Å². The summed E-state index contributed by atoms with van der Waals surface area (Å²) in [4.78, 5) is 10.6. The Balaban J connectivity index is 2.83. The Kier molecular flexibility index (Phi) is 1.29. The van der Waals surface area contributed by atoms with Crippen molar-refractivity contribution in [2.75, 3.05) is 7.05 Å². The van der Waals surface area contributed by atoms with Crippen molar-refractivity contribution < 1.29 is 9.90 Å². The maximum atomic E-state index is 10.6. The average molecular weight is 127 g/mol. The van der Waals surface area contributed by atoms with E-state index in [9.17, 15) is 4.79 Å². The van der Waals surface area contributed by atoms with E-state index in [1.54, 1.807) is 14.0 Å². The monoisotopic (exact) mass is 127 g/mol. The Morgan fingerprint density at radius 1 is 1.67 bits per heavy atom. The molecule has 0 aromatic rings. The van der Waals surface area contributed by atoms with Crippen molar-refractivity contribution in [2.45, 2.75) is 13.0 Å². The zero-order chi connectivity index (χ0) is 7.02. The summed E-state index contributed by atoms with van der Waals surface area (Å²) in [5, 5.41) is 11.6. The van der Waals surface area contributed by atoms with Gasteiger partial charge in [-0.05, 0) is 6.92 Å². The van der Waals surface area contributed by atoms with Crippen molar-refractivity contribution >= 4 is 5.78 Å². The first kappa shape index (κ1) is 6.29.